The van der Waals surface area contributed by atoms with E-state index in [-0.39, 0.29) is 5.41 Å². The molecule has 0 aliphatic heterocycles. The Hall–Kier alpha value is -0.510. The van der Waals surface area contributed by atoms with Crippen molar-refractivity contribution < 1.29 is 0 Å². The van der Waals surface area contributed by atoms with Crippen LogP contribution in [0.5, 0.6) is 0 Å². The highest BCUT2D eigenvalue weighted by atomic mass is 14.3. The molecule has 0 rings (SSSR count). The van der Waals surface area contributed by atoms with Crippen LogP contribution >= 0.6 is 0 Å². The molecule has 0 aliphatic rings. The van der Waals surface area contributed by atoms with Crippen molar-refractivity contribution in [2.24, 2.45) is 5.41 Å². The fourth-order valence-electron chi connectivity index (χ4n) is 0.979. The molecule has 0 fully saturated rings. The highest BCUT2D eigenvalue weighted by Gasteiger charge is 2.14. The average Bonchev–Trinajstić information content (AvgIpc) is 1.64. The van der Waals surface area contributed by atoms with Gasteiger partial charge in [0.05, 0.1) is 6.07 Å². The van der Waals surface area contributed by atoms with E-state index in [1.54, 1.807) is 0 Å². The molecular weight excluding hydrogens is 110 g/mol. The zero-order chi connectivity index (χ0) is 7.33. The smallest absolute Gasteiger partial charge is 0.0627 e. The summed E-state index contributed by atoms with van der Waals surface area (Å²) in [6.45, 7) is 6.43. The summed E-state index contributed by atoms with van der Waals surface area (Å²) in [4.78, 5) is 0. The first-order valence-corrected chi connectivity index (χ1v) is 3.49. The van der Waals surface area contributed by atoms with Crippen LogP contribution in [0.2, 0.25) is 0 Å². The molecule has 0 heterocycles. The molecule has 0 aromatic rings. The summed E-state index contributed by atoms with van der Waals surface area (Å²) in [5.41, 5.74) is 0.240. The van der Waals surface area contributed by atoms with E-state index < -0.39 is 0 Å². The second kappa shape index (κ2) is 3.50. The minimum Gasteiger partial charge on any atom is -0.198 e. The molecule has 1 heteroatoms. The topological polar surface area (TPSA) is 23.8 Å². The first kappa shape index (κ1) is 8.49. The van der Waals surface area contributed by atoms with Crippen molar-refractivity contribution in [1.29, 1.82) is 5.26 Å². The van der Waals surface area contributed by atoms with E-state index in [0.29, 0.717) is 6.42 Å². The lowest BCUT2D eigenvalue weighted by Crippen LogP contribution is -2.08. The zero-order valence-corrected chi connectivity index (χ0v) is 6.57. The Labute approximate surface area is 57.7 Å². The van der Waals surface area contributed by atoms with Crippen LogP contribution in [0.4, 0.5) is 0 Å². The largest absolute Gasteiger partial charge is 0.198 e. The van der Waals surface area contributed by atoms with Gasteiger partial charge in [0, 0.05) is 6.42 Å². The summed E-state index contributed by atoms with van der Waals surface area (Å²) in [7, 11) is 0. The van der Waals surface area contributed by atoms with Gasteiger partial charge < -0.3 is 0 Å². The van der Waals surface area contributed by atoms with Crippen molar-refractivity contribution in [3.63, 3.8) is 0 Å². The molecule has 0 amide bonds. The Kier molecular flexibility index (Phi) is 3.30. The van der Waals surface area contributed by atoms with E-state index in [4.69, 9.17) is 5.26 Å². The van der Waals surface area contributed by atoms with E-state index in [0.717, 1.165) is 6.42 Å². The maximum atomic E-state index is 8.38. The third kappa shape index (κ3) is 4.02. The van der Waals surface area contributed by atoms with Crippen molar-refractivity contribution in [2.45, 2.75) is 40.0 Å². The number of hydrogen-bond donors (Lipinski definition) is 0. The van der Waals surface area contributed by atoms with Gasteiger partial charge in [-0.2, -0.15) is 5.26 Å². The fraction of sp³-hybridized carbons (Fsp3) is 0.875. The summed E-state index contributed by atoms with van der Waals surface area (Å²) in [6.07, 6.45) is 3.01. The zero-order valence-electron chi connectivity index (χ0n) is 6.57. The van der Waals surface area contributed by atoms with Crippen molar-refractivity contribution in [1.82, 2.24) is 0 Å². The third-order valence-electron chi connectivity index (χ3n) is 1.48. The van der Waals surface area contributed by atoms with E-state index in [2.05, 4.69) is 26.8 Å². The molecule has 0 saturated heterocycles. The monoisotopic (exact) mass is 125 g/mol. The third-order valence-corrected chi connectivity index (χ3v) is 1.48. The second-order valence-electron chi connectivity index (χ2n) is 3.25. The maximum Gasteiger partial charge on any atom is 0.0627 e. The molecule has 1 nitrogen and oxygen atoms in total. The molecule has 52 valence electrons. The molecule has 0 spiro atoms. The van der Waals surface area contributed by atoms with Gasteiger partial charge in [-0.25, -0.2) is 0 Å². The van der Waals surface area contributed by atoms with Crippen LogP contribution in [0.3, 0.4) is 0 Å². The predicted octanol–water partition coefficient (Wildman–Crippen LogP) is 2.73. The van der Waals surface area contributed by atoms with Gasteiger partial charge in [-0.15, -0.1) is 0 Å². The Morgan fingerprint density at radius 3 is 2.33 bits per heavy atom. The molecule has 0 bridgehead atoms. The summed E-state index contributed by atoms with van der Waals surface area (Å²) in [6, 6.07) is 2.19. The number of nitriles is 1. The van der Waals surface area contributed by atoms with E-state index in [9.17, 15) is 0 Å². The minimum absolute atomic E-state index is 0.240. The van der Waals surface area contributed by atoms with E-state index in [1.165, 1.54) is 6.42 Å². The molecule has 0 N–H and O–H groups in total. The summed E-state index contributed by atoms with van der Waals surface area (Å²) in [5, 5.41) is 8.38. The molecule has 0 radical (unpaired) electrons. The van der Waals surface area contributed by atoms with Gasteiger partial charge in [0.15, 0.2) is 0 Å². The highest BCUT2D eigenvalue weighted by Crippen LogP contribution is 2.25. The summed E-state index contributed by atoms with van der Waals surface area (Å²) in [5.74, 6) is 0. The molecule has 0 saturated carbocycles. The molecule has 0 atom stereocenters. The number of nitrogens with zero attached hydrogens (tertiary/aromatic N) is 1. The van der Waals surface area contributed by atoms with E-state index >= 15 is 0 Å². The quantitative estimate of drug-likeness (QED) is 0.569. The Bertz CT molecular complexity index is 108. The molecule has 0 aromatic carbocycles. The number of rotatable bonds is 3. The van der Waals surface area contributed by atoms with Crippen molar-refractivity contribution in [3.8, 4) is 6.07 Å². The van der Waals surface area contributed by atoms with Crippen LogP contribution in [0.1, 0.15) is 40.0 Å². The van der Waals surface area contributed by atoms with Crippen LogP contribution < -0.4 is 0 Å². The van der Waals surface area contributed by atoms with Gasteiger partial charge in [-0.1, -0.05) is 27.2 Å². The molecule has 0 unspecified atom stereocenters. The normalized spacial score (nSPS) is 10.9. The lowest BCUT2D eigenvalue weighted by Gasteiger charge is -2.18. The highest BCUT2D eigenvalue weighted by molar-refractivity contribution is 4.81. The average molecular weight is 125 g/mol. The van der Waals surface area contributed by atoms with Crippen molar-refractivity contribution in [2.75, 3.05) is 0 Å². The second-order valence-corrected chi connectivity index (χ2v) is 3.25. The van der Waals surface area contributed by atoms with E-state index in [1.807, 2.05) is 0 Å². The standard InChI is InChI=1S/C8H15N/c1-4-5-8(2,3)6-7-9/h4-6H2,1-3H3. The SMILES string of the molecule is CCCC(C)(C)CC#N. The molecule has 0 aliphatic carbocycles. The van der Waals surface area contributed by atoms with Crippen molar-refractivity contribution in [3.05, 3.63) is 0 Å². The summed E-state index contributed by atoms with van der Waals surface area (Å²) < 4.78 is 0. The Morgan fingerprint density at radius 1 is 1.44 bits per heavy atom. The molecule has 9 heavy (non-hydrogen) atoms. The van der Waals surface area contributed by atoms with Crippen LogP contribution in [0, 0.1) is 16.7 Å². The van der Waals surface area contributed by atoms with Gasteiger partial charge in [-0.3, -0.25) is 0 Å². The van der Waals surface area contributed by atoms with Gasteiger partial charge in [-0.05, 0) is 11.8 Å². The summed E-state index contributed by atoms with van der Waals surface area (Å²) >= 11 is 0. The van der Waals surface area contributed by atoms with Gasteiger partial charge in [0.2, 0.25) is 0 Å². The Balaban J connectivity index is 3.59. The predicted molar refractivity (Wildman–Crippen MR) is 38.9 cm³/mol. The maximum absolute atomic E-state index is 8.38. The lowest BCUT2D eigenvalue weighted by molar-refractivity contribution is 0.340. The molecule has 0 aromatic heterocycles. The van der Waals surface area contributed by atoms with Crippen molar-refractivity contribution >= 4 is 0 Å². The van der Waals surface area contributed by atoms with Crippen LogP contribution in [0.25, 0.3) is 0 Å². The van der Waals surface area contributed by atoms with Gasteiger partial charge in [0.1, 0.15) is 0 Å². The Morgan fingerprint density at radius 2 is 2.00 bits per heavy atom. The first-order valence-electron chi connectivity index (χ1n) is 3.49. The van der Waals surface area contributed by atoms with Crippen LogP contribution in [-0.2, 0) is 0 Å². The van der Waals surface area contributed by atoms with Gasteiger partial charge >= 0.3 is 0 Å². The van der Waals surface area contributed by atoms with Gasteiger partial charge in [0.25, 0.3) is 0 Å². The minimum atomic E-state index is 0.240. The lowest BCUT2D eigenvalue weighted by atomic mass is 9.85. The molecular formula is C8H15N. The van der Waals surface area contributed by atoms with Crippen LogP contribution in [-0.4, -0.2) is 0 Å². The first-order chi connectivity index (χ1) is 4.12. The number of hydrogen-bond acceptors (Lipinski definition) is 1. The fourth-order valence-corrected chi connectivity index (χ4v) is 0.979. The van der Waals surface area contributed by atoms with Crippen LogP contribution in [0.15, 0.2) is 0 Å².